The van der Waals surface area contributed by atoms with E-state index in [1.165, 1.54) is 6.92 Å². The van der Waals surface area contributed by atoms with Gasteiger partial charge in [-0.3, -0.25) is 19.3 Å². The van der Waals surface area contributed by atoms with E-state index in [9.17, 15) is 19.2 Å². The summed E-state index contributed by atoms with van der Waals surface area (Å²) < 4.78 is 5.13. The third-order valence-electron chi connectivity index (χ3n) is 6.87. The number of carbonyl (C=O) groups is 4. The monoisotopic (exact) mass is 379 g/mol. The molecule has 7 atom stereocenters. The molecule has 1 heterocycles. The van der Waals surface area contributed by atoms with Gasteiger partial charge in [-0.2, -0.15) is 0 Å². The number of ether oxygens (including phenoxy) is 1. The summed E-state index contributed by atoms with van der Waals surface area (Å²) in [7, 11) is 0. The number of carbonyl (C=O) groups excluding carboxylic acids is 4. The zero-order chi connectivity index (χ0) is 19.6. The minimum atomic E-state index is -1.02. The molecule has 5 aliphatic rings. The summed E-state index contributed by atoms with van der Waals surface area (Å²) in [6.07, 6.45) is 5.28. The van der Waals surface area contributed by atoms with Crippen LogP contribution in [0, 0.1) is 35.5 Å². The number of amides is 2. The maximum Gasteiger partial charge on any atom is 0.329 e. The van der Waals surface area contributed by atoms with Crippen molar-refractivity contribution >= 4 is 23.6 Å². The van der Waals surface area contributed by atoms with Crippen molar-refractivity contribution in [1.29, 1.82) is 0 Å². The van der Waals surface area contributed by atoms with Gasteiger partial charge in [0.15, 0.2) is 12.4 Å². The smallest absolute Gasteiger partial charge is 0.329 e. The molecule has 0 N–H and O–H groups in total. The summed E-state index contributed by atoms with van der Waals surface area (Å²) in [5, 5.41) is 0. The van der Waals surface area contributed by atoms with Gasteiger partial charge in [0.05, 0.1) is 11.8 Å². The second-order valence-electron chi connectivity index (χ2n) is 8.27. The lowest BCUT2D eigenvalue weighted by molar-refractivity contribution is -0.157. The molecule has 2 saturated carbocycles. The van der Waals surface area contributed by atoms with Crippen LogP contribution in [0.3, 0.4) is 0 Å². The number of hydrogen-bond donors (Lipinski definition) is 0. The van der Waals surface area contributed by atoms with Crippen LogP contribution in [-0.4, -0.2) is 41.1 Å². The Morgan fingerprint density at radius 2 is 1.61 bits per heavy atom. The summed E-state index contributed by atoms with van der Waals surface area (Å²) in [6, 6.07) is 7.52. The lowest BCUT2D eigenvalue weighted by Gasteiger charge is -2.37. The number of benzene rings is 1. The van der Waals surface area contributed by atoms with E-state index in [-0.39, 0.29) is 41.3 Å². The van der Waals surface area contributed by atoms with Crippen LogP contribution in [0.2, 0.25) is 0 Å². The molecule has 0 radical (unpaired) electrons. The molecular weight excluding hydrogens is 358 g/mol. The summed E-state index contributed by atoms with van der Waals surface area (Å²) in [5.41, 5.74) is 0.448. The minimum Gasteiger partial charge on any atom is -0.456 e. The zero-order valence-electron chi connectivity index (χ0n) is 15.5. The first kappa shape index (κ1) is 17.3. The molecule has 0 unspecified atom stereocenters. The highest BCUT2D eigenvalue weighted by molar-refractivity contribution is 6.09. The molecule has 1 saturated heterocycles. The maximum atomic E-state index is 13.0. The number of allylic oxidation sites excluding steroid dienone is 2. The number of hydrogen-bond acceptors (Lipinski definition) is 5. The average Bonchev–Trinajstić information content (AvgIpc) is 3.50. The lowest BCUT2D eigenvalue weighted by atomic mass is 9.63. The van der Waals surface area contributed by atoms with Crippen molar-refractivity contribution in [3.05, 3.63) is 48.0 Å². The second-order valence-corrected chi connectivity index (χ2v) is 8.27. The fourth-order valence-corrected chi connectivity index (χ4v) is 5.43. The molecule has 0 aromatic heterocycles. The van der Waals surface area contributed by atoms with Gasteiger partial charge in [-0.25, -0.2) is 4.79 Å². The summed E-state index contributed by atoms with van der Waals surface area (Å²) in [5.74, 6) is -1.01. The van der Waals surface area contributed by atoms with Crippen molar-refractivity contribution in [3.8, 4) is 0 Å². The number of imide groups is 1. The third kappa shape index (κ3) is 2.40. The van der Waals surface area contributed by atoms with E-state index in [1.54, 1.807) is 30.3 Å². The normalized spacial score (nSPS) is 35.4. The standard InChI is InChI=1S/C22H21NO5/c1-11(22(27)28-10-17(24)12-5-3-2-4-6-12)23-20(25)18-13-7-8-14(16-9-15(13)16)19(18)21(23)26/h2-8,11,13-16,18-19H,9-10H2,1H3/t11-,13+,14+,15-,16+,18-,19-/m1/s1. The van der Waals surface area contributed by atoms with Crippen LogP contribution in [0.25, 0.3) is 0 Å². The van der Waals surface area contributed by atoms with Crippen LogP contribution in [0.1, 0.15) is 23.7 Å². The molecule has 1 aliphatic heterocycles. The van der Waals surface area contributed by atoms with Gasteiger partial charge in [-0.05, 0) is 37.0 Å². The number of ketones is 1. The Kier molecular flexibility index (Phi) is 3.79. The van der Waals surface area contributed by atoms with Crippen LogP contribution in [0.15, 0.2) is 42.5 Å². The third-order valence-corrected chi connectivity index (χ3v) is 6.87. The number of rotatable bonds is 5. The quantitative estimate of drug-likeness (QED) is 0.338. The first-order chi connectivity index (χ1) is 13.5. The van der Waals surface area contributed by atoms with Gasteiger partial charge < -0.3 is 4.74 Å². The van der Waals surface area contributed by atoms with Crippen LogP contribution < -0.4 is 0 Å². The summed E-state index contributed by atoms with van der Waals surface area (Å²) >= 11 is 0. The molecule has 6 heteroatoms. The molecule has 4 aliphatic carbocycles. The van der Waals surface area contributed by atoms with E-state index < -0.39 is 18.6 Å². The zero-order valence-corrected chi connectivity index (χ0v) is 15.5. The van der Waals surface area contributed by atoms with Gasteiger partial charge in [0.1, 0.15) is 6.04 Å². The van der Waals surface area contributed by atoms with Gasteiger partial charge in [-0.1, -0.05) is 42.5 Å². The lowest BCUT2D eigenvalue weighted by Crippen LogP contribution is -2.45. The highest BCUT2D eigenvalue weighted by Crippen LogP contribution is 2.65. The average molecular weight is 379 g/mol. The number of esters is 1. The highest BCUT2D eigenvalue weighted by atomic mass is 16.5. The highest BCUT2D eigenvalue weighted by Gasteiger charge is 2.67. The first-order valence-electron chi connectivity index (χ1n) is 9.79. The predicted molar refractivity (Wildman–Crippen MR) is 97.7 cm³/mol. The van der Waals surface area contributed by atoms with Crippen molar-refractivity contribution in [2.45, 2.75) is 19.4 Å². The minimum absolute atomic E-state index is 0.115. The molecule has 28 heavy (non-hydrogen) atoms. The molecule has 2 bridgehead atoms. The van der Waals surface area contributed by atoms with E-state index in [0.717, 1.165) is 11.3 Å². The number of likely N-dealkylation sites (tertiary alicyclic amines) is 1. The van der Waals surface area contributed by atoms with E-state index in [1.807, 2.05) is 0 Å². The number of Topliss-reactive ketones (excluding diaryl/α,β-unsaturated/α-hetero) is 1. The molecule has 1 aromatic rings. The second kappa shape index (κ2) is 6.12. The van der Waals surface area contributed by atoms with Crippen molar-refractivity contribution in [1.82, 2.24) is 4.90 Å². The molecule has 2 amide bonds. The van der Waals surface area contributed by atoms with E-state index in [2.05, 4.69) is 12.2 Å². The van der Waals surface area contributed by atoms with Gasteiger partial charge in [-0.15, -0.1) is 0 Å². The Morgan fingerprint density at radius 1 is 1.04 bits per heavy atom. The van der Waals surface area contributed by atoms with Crippen LogP contribution in [0.4, 0.5) is 0 Å². The Bertz CT molecular complexity index is 871. The molecule has 6 nitrogen and oxygen atoms in total. The largest absolute Gasteiger partial charge is 0.456 e. The van der Waals surface area contributed by atoms with Crippen molar-refractivity contribution < 1.29 is 23.9 Å². The number of nitrogens with zero attached hydrogens (tertiary/aromatic N) is 1. The molecule has 144 valence electrons. The predicted octanol–water partition coefficient (Wildman–Crippen LogP) is 1.85. The Morgan fingerprint density at radius 3 is 2.18 bits per heavy atom. The fraction of sp³-hybridized carbons (Fsp3) is 0.455. The molecule has 6 rings (SSSR count). The van der Waals surface area contributed by atoms with Crippen molar-refractivity contribution in [3.63, 3.8) is 0 Å². The summed E-state index contributed by atoms with van der Waals surface area (Å²) in [6.45, 7) is 1.09. The fourth-order valence-electron chi connectivity index (χ4n) is 5.43. The maximum absolute atomic E-state index is 13.0. The SMILES string of the molecule is C[C@H](C(=O)OCC(=O)c1ccccc1)N1C(=O)[C@@H]2[C@H]3C=C[C@@H]([C@@H]4C[C@H]34)[C@H]2C1=O. The molecule has 1 aromatic carbocycles. The van der Waals surface area contributed by atoms with Gasteiger partial charge in [0, 0.05) is 5.56 Å². The van der Waals surface area contributed by atoms with E-state index in [4.69, 9.17) is 4.74 Å². The van der Waals surface area contributed by atoms with E-state index in [0.29, 0.717) is 17.4 Å². The van der Waals surface area contributed by atoms with Crippen molar-refractivity contribution in [2.75, 3.05) is 6.61 Å². The van der Waals surface area contributed by atoms with Gasteiger partial charge >= 0.3 is 5.97 Å². The van der Waals surface area contributed by atoms with Crippen LogP contribution in [-0.2, 0) is 19.1 Å². The Labute approximate surface area is 162 Å². The topological polar surface area (TPSA) is 80.8 Å². The van der Waals surface area contributed by atoms with E-state index >= 15 is 0 Å². The van der Waals surface area contributed by atoms with Crippen molar-refractivity contribution in [2.24, 2.45) is 35.5 Å². The first-order valence-corrected chi connectivity index (χ1v) is 9.79. The Hall–Kier alpha value is -2.76. The van der Waals surface area contributed by atoms with Crippen LogP contribution >= 0.6 is 0 Å². The molecular formula is C22H21NO5. The van der Waals surface area contributed by atoms with Gasteiger partial charge in [0.2, 0.25) is 11.8 Å². The van der Waals surface area contributed by atoms with Crippen LogP contribution in [0.5, 0.6) is 0 Å². The van der Waals surface area contributed by atoms with Gasteiger partial charge in [0.25, 0.3) is 0 Å². The summed E-state index contributed by atoms with van der Waals surface area (Å²) in [4.78, 5) is 51.7. The Balaban J connectivity index is 1.27. The molecule has 3 fully saturated rings. The molecule has 0 spiro atoms.